The topological polar surface area (TPSA) is 43.9 Å². The van der Waals surface area contributed by atoms with Crippen molar-refractivity contribution in [2.24, 2.45) is 0 Å². The molecule has 0 bridgehead atoms. The molecule has 4 rings (SSSR count). The summed E-state index contributed by atoms with van der Waals surface area (Å²) in [6, 6.07) is 14.4. The number of thioether (sulfide) groups is 1. The minimum absolute atomic E-state index is 0.00675. The highest BCUT2D eigenvalue weighted by Crippen LogP contribution is 2.31. The van der Waals surface area contributed by atoms with Crippen molar-refractivity contribution in [3.8, 4) is 17.3 Å². The molecule has 0 saturated heterocycles. The van der Waals surface area contributed by atoms with Crippen molar-refractivity contribution in [2.45, 2.75) is 10.9 Å². The van der Waals surface area contributed by atoms with Gasteiger partial charge in [0, 0.05) is 22.0 Å². The lowest BCUT2D eigenvalue weighted by Gasteiger charge is -2.10. The van der Waals surface area contributed by atoms with E-state index in [1.807, 2.05) is 12.1 Å². The maximum Gasteiger partial charge on any atom is 0.205 e. The van der Waals surface area contributed by atoms with Crippen molar-refractivity contribution in [1.82, 2.24) is 14.8 Å². The lowest BCUT2D eigenvalue weighted by molar-refractivity contribution is 0.566. The molecule has 0 atom stereocenters. The van der Waals surface area contributed by atoms with E-state index in [0.29, 0.717) is 21.8 Å². The van der Waals surface area contributed by atoms with E-state index in [-0.39, 0.29) is 11.3 Å². The number of hydrogen-bond donors (Lipinski definition) is 0. The number of rotatable bonds is 5. The lowest BCUT2D eigenvalue weighted by Crippen LogP contribution is -2.00. The second kappa shape index (κ2) is 7.54. The zero-order valence-electron chi connectivity index (χ0n) is 13.8. The SMILES string of the molecule is Fc1cccc(F)c1CSc1nnc(-c2ccco2)n1-c1ccc(Cl)cc1. The molecule has 27 heavy (non-hydrogen) atoms. The van der Waals surface area contributed by atoms with E-state index in [1.54, 1.807) is 28.8 Å². The number of aromatic nitrogens is 3. The van der Waals surface area contributed by atoms with Gasteiger partial charge in [-0.15, -0.1) is 10.2 Å². The minimum atomic E-state index is -0.591. The van der Waals surface area contributed by atoms with Gasteiger partial charge in [-0.25, -0.2) is 8.78 Å². The first-order valence-electron chi connectivity index (χ1n) is 7.94. The first-order valence-corrected chi connectivity index (χ1v) is 9.31. The monoisotopic (exact) mass is 403 g/mol. The molecule has 0 radical (unpaired) electrons. The molecule has 8 heteroatoms. The highest BCUT2D eigenvalue weighted by molar-refractivity contribution is 7.98. The number of furan rings is 1. The Bertz CT molecular complexity index is 1050. The van der Waals surface area contributed by atoms with Crippen LogP contribution in [0.3, 0.4) is 0 Å². The Morgan fingerprint density at radius 2 is 1.70 bits per heavy atom. The van der Waals surface area contributed by atoms with Crippen molar-refractivity contribution in [2.75, 3.05) is 0 Å². The van der Waals surface area contributed by atoms with Crippen LogP contribution in [0.4, 0.5) is 8.78 Å². The molecule has 2 heterocycles. The van der Waals surface area contributed by atoms with Crippen LogP contribution in [0.25, 0.3) is 17.3 Å². The van der Waals surface area contributed by atoms with Gasteiger partial charge in [-0.2, -0.15) is 0 Å². The van der Waals surface area contributed by atoms with E-state index in [9.17, 15) is 8.78 Å². The second-order valence-electron chi connectivity index (χ2n) is 5.58. The summed E-state index contributed by atoms with van der Waals surface area (Å²) in [6.45, 7) is 0. The maximum absolute atomic E-state index is 13.9. The first kappa shape index (κ1) is 17.8. The van der Waals surface area contributed by atoms with Crippen molar-refractivity contribution in [1.29, 1.82) is 0 Å². The Morgan fingerprint density at radius 1 is 0.963 bits per heavy atom. The Kier molecular flexibility index (Phi) is 4.96. The van der Waals surface area contributed by atoms with Gasteiger partial charge in [-0.05, 0) is 48.5 Å². The number of halogens is 3. The van der Waals surface area contributed by atoms with Gasteiger partial charge in [0.05, 0.1) is 6.26 Å². The molecule has 0 aliphatic rings. The molecule has 0 amide bonds. The third-order valence-electron chi connectivity index (χ3n) is 3.87. The molecule has 0 saturated carbocycles. The molecule has 2 aromatic carbocycles. The Balaban J connectivity index is 1.73. The number of nitrogens with zero attached hydrogens (tertiary/aromatic N) is 3. The fourth-order valence-electron chi connectivity index (χ4n) is 2.56. The average molecular weight is 404 g/mol. The van der Waals surface area contributed by atoms with E-state index >= 15 is 0 Å². The molecular weight excluding hydrogens is 392 g/mol. The molecule has 0 aliphatic heterocycles. The van der Waals surface area contributed by atoms with Gasteiger partial charge in [0.1, 0.15) is 11.6 Å². The van der Waals surface area contributed by atoms with Crippen LogP contribution in [-0.2, 0) is 5.75 Å². The molecule has 4 aromatic rings. The van der Waals surface area contributed by atoms with Gasteiger partial charge >= 0.3 is 0 Å². The third-order valence-corrected chi connectivity index (χ3v) is 5.07. The number of benzene rings is 2. The standard InChI is InChI=1S/C19H12ClF2N3OS/c20-12-6-8-13(9-7-12)25-18(17-5-2-10-26-17)23-24-19(25)27-11-14-15(21)3-1-4-16(14)22/h1-10H,11H2. The van der Waals surface area contributed by atoms with Crippen molar-refractivity contribution in [3.63, 3.8) is 0 Å². The van der Waals surface area contributed by atoms with Crippen LogP contribution < -0.4 is 0 Å². The highest BCUT2D eigenvalue weighted by Gasteiger charge is 2.19. The van der Waals surface area contributed by atoms with Gasteiger partial charge in [0.2, 0.25) is 5.82 Å². The van der Waals surface area contributed by atoms with Gasteiger partial charge in [-0.1, -0.05) is 29.4 Å². The summed E-state index contributed by atoms with van der Waals surface area (Å²) in [7, 11) is 0. The fraction of sp³-hybridized carbons (Fsp3) is 0.0526. The molecule has 4 nitrogen and oxygen atoms in total. The summed E-state index contributed by atoms with van der Waals surface area (Å²) in [5.41, 5.74) is 0.750. The van der Waals surface area contributed by atoms with Crippen molar-refractivity contribution >= 4 is 23.4 Å². The van der Waals surface area contributed by atoms with Crippen LogP contribution in [0.15, 0.2) is 70.4 Å². The predicted molar refractivity (Wildman–Crippen MR) is 100.0 cm³/mol. The van der Waals surface area contributed by atoms with Gasteiger partial charge in [-0.3, -0.25) is 4.57 Å². The summed E-state index contributed by atoms with van der Waals surface area (Å²) in [6.07, 6.45) is 1.54. The first-order chi connectivity index (χ1) is 13.1. The van der Waals surface area contributed by atoms with Gasteiger partial charge in [0.25, 0.3) is 0 Å². The molecule has 136 valence electrons. The van der Waals surface area contributed by atoms with Crippen LogP contribution in [-0.4, -0.2) is 14.8 Å². The lowest BCUT2D eigenvalue weighted by atomic mass is 10.2. The molecule has 0 fully saturated rings. The average Bonchev–Trinajstić information content (AvgIpc) is 3.31. The summed E-state index contributed by atoms with van der Waals surface area (Å²) in [5, 5.41) is 9.45. The molecule has 0 aliphatic carbocycles. The Labute approximate surface area is 162 Å². The van der Waals surface area contributed by atoms with Crippen LogP contribution >= 0.6 is 23.4 Å². The largest absolute Gasteiger partial charge is 0.461 e. The molecular formula is C19H12ClF2N3OS. The maximum atomic E-state index is 13.9. The van der Waals surface area contributed by atoms with Crippen LogP contribution in [0.2, 0.25) is 5.02 Å². The third kappa shape index (κ3) is 3.61. The summed E-state index contributed by atoms with van der Waals surface area (Å²) < 4.78 is 35.1. The van der Waals surface area contributed by atoms with E-state index in [1.165, 1.54) is 36.2 Å². The quantitative estimate of drug-likeness (QED) is 0.398. The predicted octanol–water partition coefficient (Wildman–Crippen LogP) is 5.75. The minimum Gasteiger partial charge on any atom is -0.461 e. The summed E-state index contributed by atoms with van der Waals surface area (Å²) >= 11 is 7.16. The molecule has 0 N–H and O–H groups in total. The van der Waals surface area contributed by atoms with E-state index < -0.39 is 11.6 Å². The summed E-state index contributed by atoms with van der Waals surface area (Å²) in [4.78, 5) is 0. The van der Waals surface area contributed by atoms with Crippen molar-refractivity contribution < 1.29 is 13.2 Å². The highest BCUT2D eigenvalue weighted by atomic mass is 35.5. The molecule has 2 aromatic heterocycles. The zero-order chi connectivity index (χ0) is 18.8. The van der Waals surface area contributed by atoms with E-state index in [2.05, 4.69) is 10.2 Å². The Hall–Kier alpha value is -2.64. The van der Waals surface area contributed by atoms with E-state index in [4.69, 9.17) is 16.0 Å². The van der Waals surface area contributed by atoms with Crippen LogP contribution in [0.1, 0.15) is 5.56 Å². The van der Waals surface area contributed by atoms with Gasteiger partial charge < -0.3 is 4.42 Å². The second-order valence-corrected chi connectivity index (χ2v) is 6.96. The fourth-order valence-corrected chi connectivity index (χ4v) is 3.65. The number of hydrogen-bond acceptors (Lipinski definition) is 4. The molecule has 0 spiro atoms. The van der Waals surface area contributed by atoms with Crippen molar-refractivity contribution in [3.05, 3.63) is 83.1 Å². The summed E-state index contributed by atoms with van der Waals surface area (Å²) in [5.74, 6) is -0.0969. The molecule has 0 unspecified atom stereocenters. The van der Waals surface area contributed by atoms with Crippen LogP contribution in [0.5, 0.6) is 0 Å². The van der Waals surface area contributed by atoms with E-state index in [0.717, 1.165) is 5.69 Å². The zero-order valence-corrected chi connectivity index (χ0v) is 15.3. The van der Waals surface area contributed by atoms with Crippen LogP contribution in [0, 0.1) is 11.6 Å². The smallest absolute Gasteiger partial charge is 0.205 e. The Morgan fingerprint density at radius 3 is 2.37 bits per heavy atom. The normalized spacial score (nSPS) is 11.1. The van der Waals surface area contributed by atoms with Gasteiger partial charge in [0.15, 0.2) is 10.9 Å².